The van der Waals surface area contributed by atoms with Crippen molar-refractivity contribution in [2.75, 3.05) is 12.3 Å². The molecule has 0 aliphatic rings. The van der Waals surface area contributed by atoms with Crippen LogP contribution in [-0.2, 0) is 0 Å². The van der Waals surface area contributed by atoms with Gasteiger partial charge in [0.25, 0.3) is 0 Å². The Kier molecular flexibility index (Phi) is 8.83. The minimum atomic E-state index is 1.23. The zero-order valence-corrected chi connectivity index (χ0v) is 7.74. The molecule has 0 saturated carbocycles. The van der Waals surface area contributed by atoms with Crippen molar-refractivity contribution in [1.82, 2.24) is 0 Å². The Morgan fingerprint density at radius 1 is 1.00 bits per heavy atom. The van der Waals surface area contributed by atoms with Crippen molar-refractivity contribution in [2.45, 2.75) is 39.5 Å². The molecule has 0 aromatic rings. The summed E-state index contributed by atoms with van der Waals surface area (Å²) >= 11 is 0. The summed E-state index contributed by atoms with van der Waals surface area (Å²) in [5, 5.41) is 0. The molecule has 0 N–H and O–H groups in total. The maximum absolute atomic E-state index is 2.28. The maximum Gasteiger partial charge on any atom is -0.0354 e. The number of hydrogen-bond donors (Lipinski definition) is 0. The molecule has 0 saturated heterocycles. The average Bonchev–Trinajstić information content (AvgIpc) is 1.89. The van der Waals surface area contributed by atoms with Gasteiger partial charge in [-0.3, -0.25) is 0 Å². The molecule has 0 spiro atoms. The van der Waals surface area contributed by atoms with Gasteiger partial charge in [-0.15, -0.1) is 8.58 Å². The zero-order chi connectivity index (χ0) is 6.95. The molecule has 56 valence electrons. The van der Waals surface area contributed by atoms with Crippen molar-refractivity contribution in [3.8, 4) is 0 Å². The molecular formula is C8H19P. The molecule has 1 heteroatoms. The third kappa shape index (κ3) is 8.43. The summed E-state index contributed by atoms with van der Waals surface area (Å²) in [4.78, 5) is 0. The molecule has 0 aliphatic heterocycles. The first-order chi connectivity index (χ1) is 4.41. The van der Waals surface area contributed by atoms with Gasteiger partial charge in [-0.05, 0) is 18.7 Å². The van der Waals surface area contributed by atoms with E-state index in [0.29, 0.717) is 0 Å². The van der Waals surface area contributed by atoms with Crippen LogP contribution in [0.15, 0.2) is 0 Å². The minimum Gasteiger partial charge on any atom is -0.122 e. The number of hydrogen-bond acceptors (Lipinski definition) is 0. The van der Waals surface area contributed by atoms with Crippen molar-refractivity contribution in [2.24, 2.45) is 0 Å². The van der Waals surface area contributed by atoms with Crippen LogP contribution >= 0.6 is 8.58 Å². The molecule has 1 atom stereocenters. The van der Waals surface area contributed by atoms with Crippen LogP contribution in [0.3, 0.4) is 0 Å². The first-order valence-electron chi connectivity index (χ1n) is 4.12. The third-order valence-electron chi connectivity index (χ3n) is 1.46. The second-order valence-corrected chi connectivity index (χ2v) is 4.12. The Labute approximate surface area is 61.2 Å². The lowest BCUT2D eigenvalue weighted by atomic mass is 10.2. The first kappa shape index (κ1) is 9.43. The van der Waals surface area contributed by atoms with E-state index in [0.717, 1.165) is 0 Å². The zero-order valence-electron chi connectivity index (χ0n) is 6.74. The summed E-state index contributed by atoms with van der Waals surface area (Å²) in [5.74, 6) is 0. The first-order valence-corrected chi connectivity index (χ1v) is 5.54. The van der Waals surface area contributed by atoms with Crippen LogP contribution in [-0.4, -0.2) is 12.3 Å². The Hall–Kier alpha value is 0.430. The summed E-state index contributed by atoms with van der Waals surface area (Å²) in [7, 11) is 1.23. The molecular weight excluding hydrogens is 127 g/mol. The van der Waals surface area contributed by atoms with Crippen molar-refractivity contribution in [1.29, 1.82) is 0 Å². The second-order valence-electron chi connectivity index (χ2n) is 2.41. The largest absolute Gasteiger partial charge is 0.122 e. The molecule has 0 amide bonds. The Morgan fingerprint density at radius 3 is 2.33 bits per heavy atom. The summed E-state index contributed by atoms with van der Waals surface area (Å²) < 4.78 is 0. The molecule has 0 bridgehead atoms. The van der Waals surface area contributed by atoms with Crippen LogP contribution in [0, 0.1) is 0 Å². The maximum atomic E-state index is 2.28. The highest BCUT2D eigenvalue weighted by Gasteiger charge is 1.85. The van der Waals surface area contributed by atoms with Gasteiger partial charge in [0.1, 0.15) is 0 Å². The molecule has 0 fully saturated rings. The summed E-state index contributed by atoms with van der Waals surface area (Å²) in [6, 6.07) is 0. The van der Waals surface area contributed by atoms with Crippen molar-refractivity contribution in [3.05, 3.63) is 0 Å². The van der Waals surface area contributed by atoms with Crippen LogP contribution < -0.4 is 0 Å². The normalized spacial score (nSPS) is 11.3. The molecule has 0 nitrogen and oxygen atoms in total. The third-order valence-corrected chi connectivity index (χ3v) is 2.66. The number of rotatable bonds is 6. The van der Waals surface area contributed by atoms with Gasteiger partial charge < -0.3 is 0 Å². The molecule has 0 aromatic carbocycles. The van der Waals surface area contributed by atoms with E-state index in [1.807, 2.05) is 0 Å². The minimum absolute atomic E-state index is 1.23. The van der Waals surface area contributed by atoms with E-state index in [9.17, 15) is 0 Å². The van der Waals surface area contributed by atoms with Crippen LogP contribution in [0.5, 0.6) is 0 Å². The van der Waals surface area contributed by atoms with Crippen molar-refractivity contribution < 1.29 is 0 Å². The average molecular weight is 146 g/mol. The van der Waals surface area contributed by atoms with Gasteiger partial charge in [-0.25, -0.2) is 0 Å². The fourth-order valence-electron chi connectivity index (χ4n) is 0.854. The van der Waals surface area contributed by atoms with E-state index in [1.54, 1.807) is 0 Å². The quantitative estimate of drug-likeness (QED) is 0.398. The Morgan fingerprint density at radius 2 is 1.78 bits per heavy atom. The molecule has 0 aromatic heterocycles. The van der Waals surface area contributed by atoms with Crippen LogP contribution in [0.2, 0.25) is 0 Å². The lowest BCUT2D eigenvalue weighted by Gasteiger charge is -1.96. The molecule has 0 heterocycles. The Balaban J connectivity index is 2.60. The fraction of sp³-hybridized carbons (Fsp3) is 1.00. The van der Waals surface area contributed by atoms with Crippen LogP contribution in [0.25, 0.3) is 0 Å². The van der Waals surface area contributed by atoms with Gasteiger partial charge in [-0.1, -0.05) is 33.1 Å². The summed E-state index contributed by atoms with van der Waals surface area (Å²) in [6.07, 6.45) is 8.62. The molecule has 1 unspecified atom stereocenters. The van der Waals surface area contributed by atoms with Gasteiger partial charge in [0.15, 0.2) is 0 Å². The summed E-state index contributed by atoms with van der Waals surface area (Å²) in [5.41, 5.74) is 0. The van der Waals surface area contributed by atoms with Gasteiger partial charge in [0.05, 0.1) is 0 Å². The van der Waals surface area contributed by atoms with Crippen molar-refractivity contribution >= 4 is 8.58 Å². The Bertz CT molecular complexity index is 37.8. The van der Waals surface area contributed by atoms with Gasteiger partial charge >= 0.3 is 0 Å². The van der Waals surface area contributed by atoms with E-state index >= 15 is 0 Å². The molecule has 0 rings (SSSR count). The lowest BCUT2D eigenvalue weighted by molar-refractivity contribution is 0.705. The van der Waals surface area contributed by atoms with E-state index < -0.39 is 0 Å². The van der Waals surface area contributed by atoms with E-state index in [-0.39, 0.29) is 0 Å². The standard InChI is InChI=1S/C8H19P/c1-3-5-6-7-8-9-4-2/h9H,3-8H2,1-2H3. The molecule has 0 aliphatic carbocycles. The predicted molar refractivity (Wildman–Crippen MR) is 47.9 cm³/mol. The second kappa shape index (κ2) is 8.43. The highest BCUT2D eigenvalue weighted by atomic mass is 31.1. The fourth-order valence-corrected chi connectivity index (χ4v) is 1.71. The van der Waals surface area contributed by atoms with Crippen LogP contribution in [0.4, 0.5) is 0 Å². The SMILES string of the molecule is CCCCCCPCC. The molecule has 0 radical (unpaired) electrons. The van der Waals surface area contributed by atoms with Gasteiger partial charge in [0, 0.05) is 0 Å². The van der Waals surface area contributed by atoms with Crippen LogP contribution in [0.1, 0.15) is 39.5 Å². The van der Waals surface area contributed by atoms with Crippen molar-refractivity contribution in [3.63, 3.8) is 0 Å². The monoisotopic (exact) mass is 146 g/mol. The number of unbranched alkanes of at least 4 members (excludes halogenated alkanes) is 3. The van der Waals surface area contributed by atoms with Gasteiger partial charge in [-0.2, -0.15) is 0 Å². The summed E-state index contributed by atoms with van der Waals surface area (Å²) in [6.45, 7) is 4.54. The highest BCUT2D eigenvalue weighted by molar-refractivity contribution is 7.37. The van der Waals surface area contributed by atoms with E-state index in [1.165, 1.54) is 46.6 Å². The predicted octanol–water partition coefficient (Wildman–Crippen LogP) is 3.27. The highest BCUT2D eigenvalue weighted by Crippen LogP contribution is 2.12. The lowest BCUT2D eigenvalue weighted by Crippen LogP contribution is -1.78. The van der Waals surface area contributed by atoms with E-state index in [2.05, 4.69) is 13.8 Å². The van der Waals surface area contributed by atoms with Gasteiger partial charge in [0.2, 0.25) is 0 Å². The topological polar surface area (TPSA) is 0 Å². The smallest absolute Gasteiger partial charge is 0.0354 e. The molecule has 9 heavy (non-hydrogen) atoms. The van der Waals surface area contributed by atoms with E-state index in [4.69, 9.17) is 0 Å².